The molecule has 0 saturated heterocycles. The van der Waals surface area contributed by atoms with Gasteiger partial charge in [-0.2, -0.15) is 0 Å². The van der Waals surface area contributed by atoms with Crippen molar-refractivity contribution in [3.63, 3.8) is 0 Å². The molecule has 0 aliphatic heterocycles. The second kappa shape index (κ2) is 8.73. The summed E-state index contributed by atoms with van der Waals surface area (Å²) in [6, 6.07) is 13.8. The van der Waals surface area contributed by atoms with Gasteiger partial charge >= 0.3 is 5.97 Å². The van der Waals surface area contributed by atoms with E-state index in [4.69, 9.17) is 21.1 Å². The van der Waals surface area contributed by atoms with Crippen molar-refractivity contribution in [1.82, 2.24) is 0 Å². The number of rotatable bonds is 6. The molecule has 0 bridgehead atoms. The number of carbonyl (C=O) groups is 2. The third kappa shape index (κ3) is 6.45. The molecule has 1 N–H and O–H groups in total. The molecule has 0 unspecified atom stereocenters. The first kappa shape index (κ1) is 17.6. The van der Waals surface area contributed by atoms with E-state index in [1.165, 1.54) is 0 Å². The van der Waals surface area contributed by atoms with Crippen molar-refractivity contribution in [3.05, 3.63) is 57.1 Å². The molecule has 1 amide bonds. The van der Waals surface area contributed by atoms with E-state index in [0.29, 0.717) is 16.5 Å². The van der Waals surface area contributed by atoms with Crippen LogP contribution in [0.25, 0.3) is 0 Å². The van der Waals surface area contributed by atoms with E-state index in [1.54, 1.807) is 36.4 Å². The van der Waals surface area contributed by atoms with Gasteiger partial charge in [0.2, 0.25) is 0 Å². The van der Waals surface area contributed by atoms with Crippen molar-refractivity contribution < 1.29 is 19.1 Å². The second-order valence-corrected chi connectivity index (χ2v) is 6.14. The van der Waals surface area contributed by atoms with Crippen LogP contribution in [-0.2, 0) is 14.3 Å². The van der Waals surface area contributed by atoms with Gasteiger partial charge in [0.1, 0.15) is 5.75 Å². The topological polar surface area (TPSA) is 64.6 Å². The summed E-state index contributed by atoms with van der Waals surface area (Å²) in [6.45, 7) is -0.633. The zero-order chi connectivity index (χ0) is 16.7. The highest BCUT2D eigenvalue weighted by Gasteiger charge is 2.09. The molecule has 0 aromatic heterocycles. The molecule has 0 saturated carbocycles. The lowest BCUT2D eigenvalue weighted by Gasteiger charge is -2.08. The number of hydrogen-bond donors (Lipinski definition) is 1. The van der Waals surface area contributed by atoms with Gasteiger partial charge in [-0.15, -0.1) is 0 Å². The van der Waals surface area contributed by atoms with Crippen molar-refractivity contribution in [2.45, 2.75) is 0 Å². The molecule has 0 fully saturated rings. The number of amides is 1. The molecule has 0 spiro atoms. The first-order valence-electron chi connectivity index (χ1n) is 6.62. The number of halogens is 2. The van der Waals surface area contributed by atoms with E-state index < -0.39 is 11.9 Å². The number of ether oxygens (including phenoxy) is 2. The summed E-state index contributed by atoms with van der Waals surface area (Å²) < 4.78 is 11.2. The molecule has 0 aliphatic carbocycles. The van der Waals surface area contributed by atoms with Crippen LogP contribution in [0.15, 0.2) is 48.5 Å². The molecule has 5 nitrogen and oxygen atoms in total. The van der Waals surface area contributed by atoms with E-state index in [2.05, 4.69) is 27.9 Å². The third-order valence-corrected chi connectivity index (χ3v) is 3.63. The van der Waals surface area contributed by atoms with Gasteiger partial charge in [-0.3, -0.25) is 4.79 Å². The van der Waals surface area contributed by atoms with E-state index in [-0.39, 0.29) is 13.2 Å². The average molecular weight is 446 g/mol. The summed E-state index contributed by atoms with van der Waals surface area (Å²) >= 11 is 7.92. The molecule has 0 radical (unpaired) electrons. The Hall–Kier alpha value is -1.80. The maximum absolute atomic E-state index is 11.7. The van der Waals surface area contributed by atoms with E-state index in [0.717, 1.165) is 3.57 Å². The number of hydrogen-bond acceptors (Lipinski definition) is 4. The smallest absolute Gasteiger partial charge is 0.344 e. The molecule has 23 heavy (non-hydrogen) atoms. The Kier molecular flexibility index (Phi) is 6.66. The third-order valence-electron chi connectivity index (χ3n) is 2.66. The predicted molar refractivity (Wildman–Crippen MR) is 95.7 cm³/mol. The highest BCUT2D eigenvalue weighted by molar-refractivity contribution is 14.1. The molecule has 7 heteroatoms. The van der Waals surface area contributed by atoms with Gasteiger partial charge in [-0.25, -0.2) is 4.79 Å². The SMILES string of the molecule is O=C(COC(=O)COc1ccc(I)cc1)Nc1ccc(Cl)cc1. The standard InChI is InChI=1S/C16H13ClINO4/c17-11-1-5-13(6-2-11)19-15(20)9-23-16(21)10-22-14-7-3-12(18)4-8-14/h1-8H,9-10H2,(H,19,20). The maximum Gasteiger partial charge on any atom is 0.344 e. The van der Waals surface area contributed by atoms with Crippen LogP contribution >= 0.6 is 34.2 Å². The lowest BCUT2D eigenvalue weighted by Crippen LogP contribution is -2.23. The summed E-state index contributed by atoms with van der Waals surface area (Å²) in [7, 11) is 0. The summed E-state index contributed by atoms with van der Waals surface area (Å²) in [5, 5.41) is 3.16. The van der Waals surface area contributed by atoms with Gasteiger partial charge in [0, 0.05) is 14.3 Å². The lowest BCUT2D eigenvalue weighted by molar-refractivity contribution is -0.149. The zero-order valence-electron chi connectivity index (χ0n) is 11.9. The average Bonchev–Trinajstić information content (AvgIpc) is 2.54. The first-order chi connectivity index (χ1) is 11.0. The van der Waals surface area contributed by atoms with Crippen molar-refractivity contribution in [2.24, 2.45) is 0 Å². The minimum Gasteiger partial charge on any atom is -0.482 e. The highest BCUT2D eigenvalue weighted by atomic mass is 127. The van der Waals surface area contributed by atoms with Gasteiger partial charge in [0.15, 0.2) is 13.2 Å². The van der Waals surface area contributed by atoms with Gasteiger partial charge in [-0.05, 0) is 71.1 Å². The maximum atomic E-state index is 11.7. The fourth-order valence-electron chi connectivity index (χ4n) is 1.59. The monoisotopic (exact) mass is 445 g/mol. The number of esters is 1. The summed E-state index contributed by atoms with van der Waals surface area (Å²) in [5.41, 5.74) is 0.575. The van der Waals surface area contributed by atoms with E-state index in [1.807, 2.05) is 12.1 Å². The van der Waals surface area contributed by atoms with Crippen LogP contribution in [-0.4, -0.2) is 25.1 Å². The Morgan fingerprint density at radius 2 is 1.65 bits per heavy atom. The molecule has 0 heterocycles. The largest absolute Gasteiger partial charge is 0.482 e. The molecular weight excluding hydrogens is 433 g/mol. The van der Waals surface area contributed by atoms with Crippen molar-refractivity contribution >= 4 is 51.8 Å². The molecule has 0 aliphatic rings. The van der Waals surface area contributed by atoms with Gasteiger partial charge in [-0.1, -0.05) is 11.6 Å². The lowest BCUT2D eigenvalue weighted by atomic mass is 10.3. The van der Waals surface area contributed by atoms with Crippen LogP contribution in [0, 0.1) is 3.57 Å². The summed E-state index contributed by atoms with van der Waals surface area (Å²) in [4.78, 5) is 23.2. The Morgan fingerprint density at radius 1 is 1.00 bits per heavy atom. The number of carbonyl (C=O) groups excluding carboxylic acids is 2. The Balaban J connectivity index is 1.70. The van der Waals surface area contributed by atoms with Crippen molar-refractivity contribution in [1.29, 1.82) is 0 Å². The normalized spacial score (nSPS) is 10.0. The number of anilines is 1. The van der Waals surface area contributed by atoms with Crippen molar-refractivity contribution in [3.8, 4) is 5.75 Å². The van der Waals surface area contributed by atoms with Gasteiger partial charge in [0.05, 0.1) is 0 Å². The second-order valence-electron chi connectivity index (χ2n) is 4.46. The van der Waals surface area contributed by atoms with Crippen LogP contribution in [0.2, 0.25) is 5.02 Å². The fraction of sp³-hybridized carbons (Fsp3) is 0.125. The molecule has 2 aromatic rings. The van der Waals surface area contributed by atoms with E-state index in [9.17, 15) is 9.59 Å². The van der Waals surface area contributed by atoms with Crippen LogP contribution in [0.4, 0.5) is 5.69 Å². The minimum atomic E-state index is -0.616. The molecule has 0 atom stereocenters. The highest BCUT2D eigenvalue weighted by Crippen LogP contribution is 2.14. The Labute approximate surface area is 152 Å². The zero-order valence-corrected chi connectivity index (χ0v) is 14.8. The number of benzene rings is 2. The van der Waals surface area contributed by atoms with E-state index >= 15 is 0 Å². The molecule has 120 valence electrons. The minimum absolute atomic E-state index is 0.255. The summed E-state index contributed by atoms with van der Waals surface area (Å²) in [5.74, 6) is -0.488. The number of nitrogens with one attached hydrogen (secondary N) is 1. The van der Waals surface area contributed by atoms with Crippen LogP contribution < -0.4 is 10.1 Å². The van der Waals surface area contributed by atoms with Crippen LogP contribution in [0.3, 0.4) is 0 Å². The summed E-state index contributed by atoms with van der Waals surface area (Å²) in [6.07, 6.45) is 0. The fourth-order valence-corrected chi connectivity index (χ4v) is 2.08. The molecule has 2 aromatic carbocycles. The van der Waals surface area contributed by atoms with Gasteiger partial charge < -0.3 is 14.8 Å². The van der Waals surface area contributed by atoms with Gasteiger partial charge in [0.25, 0.3) is 5.91 Å². The quantitative estimate of drug-likeness (QED) is 0.546. The van der Waals surface area contributed by atoms with Crippen molar-refractivity contribution in [2.75, 3.05) is 18.5 Å². The molecule has 2 rings (SSSR count). The van der Waals surface area contributed by atoms with Crippen LogP contribution in [0.5, 0.6) is 5.75 Å². The Morgan fingerprint density at radius 3 is 2.30 bits per heavy atom. The first-order valence-corrected chi connectivity index (χ1v) is 8.08. The predicted octanol–water partition coefficient (Wildman–Crippen LogP) is 3.51. The molecular formula is C16H13ClINO4. The van der Waals surface area contributed by atoms with Crippen LogP contribution in [0.1, 0.15) is 0 Å². The Bertz CT molecular complexity index is 673.